The van der Waals surface area contributed by atoms with Crippen LogP contribution in [0.2, 0.25) is 0 Å². The van der Waals surface area contributed by atoms with Gasteiger partial charge in [-0.25, -0.2) is 0 Å². The van der Waals surface area contributed by atoms with Gasteiger partial charge in [0.2, 0.25) is 0 Å². The standard InChI is InChI=1S/C13H21NS/c1-4-11(5-2)12-8-7-9-13(10-12)14-15-6-3/h7-11,14H,4-6H2,1-3H3. The van der Waals surface area contributed by atoms with Gasteiger partial charge in [-0.15, -0.1) is 0 Å². The Bertz CT molecular complexity index is 282. The van der Waals surface area contributed by atoms with Gasteiger partial charge in [-0.2, -0.15) is 0 Å². The van der Waals surface area contributed by atoms with Crippen molar-refractivity contribution in [2.24, 2.45) is 0 Å². The second kappa shape index (κ2) is 6.78. The average Bonchev–Trinajstić information content (AvgIpc) is 2.29. The van der Waals surface area contributed by atoms with E-state index in [9.17, 15) is 0 Å². The van der Waals surface area contributed by atoms with Gasteiger partial charge in [-0.3, -0.25) is 0 Å². The molecule has 0 radical (unpaired) electrons. The van der Waals surface area contributed by atoms with E-state index in [4.69, 9.17) is 0 Å². The Morgan fingerprint density at radius 2 is 1.93 bits per heavy atom. The molecule has 1 aromatic carbocycles. The predicted molar refractivity (Wildman–Crippen MR) is 71.5 cm³/mol. The van der Waals surface area contributed by atoms with Crippen LogP contribution in [-0.4, -0.2) is 5.75 Å². The normalized spacial score (nSPS) is 10.7. The fraction of sp³-hybridized carbons (Fsp3) is 0.538. The number of hydrogen-bond acceptors (Lipinski definition) is 2. The molecule has 0 aliphatic carbocycles. The van der Waals surface area contributed by atoms with Crippen LogP contribution in [0.15, 0.2) is 24.3 Å². The quantitative estimate of drug-likeness (QED) is 0.703. The lowest BCUT2D eigenvalue weighted by Gasteiger charge is -2.14. The molecule has 0 heterocycles. The predicted octanol–water partition coefficient (Wildman–Crippen LogP) is 4.67. The van der Waals surface area contributed by atoms with Crippen LogP contribution in [0, 0.1) is 0 Å². The van der Waals surface area contributed by atoms with Crippen molar-refractivity contribution in [1.29, 1.82) is 0 Å². The van der Waals surface area contributed by atoms with E-state index in [1.54, 1.807) is 11.9 Å². The minimum absolute atomic E-state index is 0.707. The van der Waals surface area contributed by atoms with E-state index in [2.05, 4.69) is 49.8 Å². The Labute approximate surface area is 97.8 Å². The molecule has 0 unspecified atom stereocenters. The van der Waals surface area contributed by atoms with Crippen LogP contribution in [-0.2, 0) is 0 Å². The van der Waals surface area contributed by atoms with Gasteiger partial charge in [0, 0.05) is 11.4 Å². The molecule has 0 spiro atoms. The van der Waals surface area contributed by atoms with Crippen LogP contribution < -0.4 is 4.72 Å². The second-order valence-corrected chi connectivity index (χ2v) is 4.74. The second-order valence-electron chi connectivity index (χ2n) is 3.67. The van der Waals surface area contributed by atoms with E-state index < -0.39 is 0 Å². The lowest BCUT2D eigenvalue weighted by atomic mass is 9.94. The van der Waals surface area contributed by atoms with Crippen molar-refractivity contribution in [1.82, 2.24) is 0 Å². The summed E-state index contributed by atoms with van der Waals surface area (Å²) in [6.07, 6.45) is 2.45. The van der Waals surface area contributed by atoms with Crippen LogP contribution >= 0.6 is 11.9 Å². The smallest absolute Gasteiger partial charge is 0.0442 e. The highest BCUT2D eigenvalue weighted by Gasteiger charge is 2.06. The molecule has 0 saturated heterocycles. The molecule has 0 aromatic heterocycles. The highest BCUT2D eigenvalue weighted by molar-refractivity contribution is 8.00. The molecule has 84 valence electrons. The van der Waals surface area contributed by atoms with Gasteiger partial charge < -0.3 is 4.72 Å². The van der Waals surface area contributed by atoms with Gasteiger partial charge in [-0.1, -0.05) is 44.9 Å². The summed E-state index contributed by atoms with van der Waals surface area (Å²) >= 11 is 1.75. The molecule has 1 rings (SSSR count). The summed E-state index contributed by atoms with van der Waals surface area (Å²) in [6, 6.07) is 8.79. The van der Waals surface area contributed by atoms with Gasteiger partial charge in [0.05, 0.1) is 0 Å². The summed E-state index contributed by atoms with van der Waals surface area (Å²) in [5.74, 6) is 1.80. The lowest BCUT2D eigenvalue weighted by Crippen LogP contribution is -1.96. The summed E-state index contributed by atoms with van der Waals surface area (Å²) < 4.78 is 3.35. The summed E-state index contributed by atoms with van der Waals surface area (Å²) in [4.78, 5) is 0. The molecule has 0 aliphatic heterocycles. The van der Waals surface area contributed by atoms with E-state index in [-0.39, 0.29) is 0 Å². The largest absolute Gasteiger partial charge is 0.330 e. The first-order valence-corrected chi connectivity index (χ1v) is 6.78. The molecule has 15 heavy (non-hydrogen) atoms. The number of anilines is 1. The van der Waals surface area contributed by atoms with Gasteiger partial charge in [0.15, 0.2) is 0 Å². The molecule has 1 nitrogen and oxygen atoms in total. The third-order valence-corrected chi connectivity index (χ3v) is 3.35. The Morgan fingerprint density at radius 1 is 1.20 bits per heavy atom. The molecule has 0 saturated carbocycles. The fourth-order valence-electron chi connectivity index (χ4n) is 1.77. The van der Waals surface area contributed by atoms with Crippen molar-refractivity contribution >= 4 is 17.6 Å². The minimum atomic E-state index is 0.707. The van der Waals surface area contributed by atoms with Gasteiger partial charge in [0.25, 0.3) is 0 Å². The Hall–Kier alpha value is -0.630. The van der Waals surface area contributed by atoms with Crippen molar-refractivity contribution in [3.63, 3.8) is 0 Å². The highest BCUT2D eigenvalue weighted by Crippen LogP contribution is 2.25. The van der Waals surface area contributed by atoms with Gasteiger partial charge >= 0.3 is 0 Å². The molecular weight excluding hydrogens is 202 g/mol. The molecule has 0 amide bonds. The van der Waals surface area contributed by atoms with Gasteiger partial charge in [0.1, 0.15) is 0 Å². The summed E-state index contributed by atoms with van der Waals surface area (Å²) in [5, 5.41) is 0. The number of hydrogen-bond donors (Lipinski definition) is 1. The van der Waals surface area contributed by atoms with Crippen LogP contribution in [0.1, 0.15) is 45.1 Å². The molecule has 0 bridgehead atoms. The first kappa shape index (κ1) is 12.4. The molecule has 1 aromatic rings. The van der Waals surface area contributed by atoms with Crippen LogP contribution in [0.25, 0.3) is 0 Å². The topological polar surface area (TPSA) is 12.0 Å². The van der Waals surface area contributed by atoms with Crippen molar-refractivity contribution in [3.05, 3.63) is 29.8 Å². The maximum absolute atomic E-state index is 3.35. The molecule has 2 heteroatoms. The number of rotatable bonds is 6. The van der Waals surface area contributed by atoms with E-state index >= 15 is 0 Å². The summed E-state index contributed by atoms with van der Waals surface area (Å²) in [6.45, 7) is 6.67. The first-order chi connectivity index (χ1) is 7.31. The molecule has 0 atom stereocenters. The Kier molecular flexibility index (Phi) is 5.62. The van der Waals surface area contributed by atoms with Crippen molar-refractivity contribution in [3.8, 4) is 0 Å². The average molecular weight is 223 g/mol. The Morgan fingerprint density at radius 3 is 2.53 bits per heavy atom. The zero-order valence-corrected chi connectivity index (χ0v) is 10.7. The SMILES string of the molecule is CCSNc1cccc(C(CC)CC)c1. The van der Waals surface area contributed by atoms with Crippen molar-refractivity contribution < 1.29 is 0 Å². The first-order valence-electron chi connectivity index (χ1n) is 5.79. The fourth-order valence-corrected chi connectivity index (χ4v) is 2.21. The van der Waals surface area contributed by atoms with Crippen molar-refractivity contribution in [2.75, 3.05) is 10.5 Å². The highest BCUT2D eigenvalue weighted by atomic mass is 32.2. The van der Waals surface area contributed by atoms with Crippen molar-refractivity contribution in [2.45, 2.75) is 39.5 Å². The maximum atomic E-state index is 3.35. The Balaban J connectivity index is 2.72. The third kappa shape index (κ3) is 3.78. The summed E-state index contributed by atoms with van der Waals surface area (Å²) in [7, 11) is 0. The maximum Gasteiger partial charge on any atom is 0.0442 e. The van der Waals surface area contributed by atoms with E-state index in [1.165, 1.54) is 24.1 Å². The monoisotopic (exact) mass is 223 g/mol. The van der Waals surface area contributed by atoms with Crippen LogP contribution in [0.3, 0.4) is 0 Å². The minimum Gasteiger partial charge on any atom is -0.330 e. The molecule has 1 N–H and O–H groups in total. The summed E-state index contributed by atoms with van der Waals surface area (Å²) in [5.41, 5.74) is 2.69. The number of benzene rings is 1. The van der Waals surface area contributed by atoms with E-state index in [0.717, 1.165) is 5.75 Å². The van der Waals surface area contributed by atoms with E-state index in [1.807, 2.05) is 0 Å². The lowest BCUT2D eigenvalue weighted by molar-refractivity contribution is 0.642. The third-order valence-electron chi connectivity index (χ3n) is 2.68. The zero-order valence-electron chi connectivity index (χ0n) is 9.92. The zero-order chi connectivity index (χ0) is 11.1. The molecule has 0 fully saturated rings. The van der Waals surface area contributed by atoms with Gasteiger partial charge in [-0.05, 0) is 36.5 Å². The number of nitrogens with one attached hydrogen (secondary N) is 1. The molecular formula is C13H21NS. The van der Waals surface area contributed by atoms with E-state index in [0.29, 0.717) is 5.92 Å². The molecule has 0 aliphatic rings. The van der Waals surface area contributed by atoms with Crippen LogP contribution in [0.4, 0.5) is 5.69 Å². The van der Waals surface area contributed by atoms with Crippen LogP contribution in [0.5, 0.6) is 0 Å².